The van der Waals surface area contributed by atoms with Gasteiger partial charge < -0.3 is 10.0 Å². The van der Waals surface area contributed by atoms with Crippen LogP contribution in [0.25, 0.3) is 0 Å². The van der Waals surface area contributed by atoms with E-state index in [1.54, 1.807) is 12.1 Å². The van der Waals surface area contributed by atoms with E-state index < -0.39 is 9.84 Å². The van der Waals surface area contributed by atoms with Crippen molar-refractivity contribution in [1.29, 1.82) is 0 Å². The van der Waals surface area contributed by atoms with Gasteiger partial charge in [-0.2, -0.15) is 0 Å². The molecule has 1 N–H and O–H groups in total. The van der Waals surface area contributed by atoms with Crippen LogP contribution in [-0.4, -0.2) is 38.5 Å². The maximum Gasteiger partial charge on any atom is 0.178 e. The molecule has 5 heteroatoms. The molecule has 1 fully saturated rings. The van der Waals surface area contributed by atoms with Gasteiger partial charge in [-0.15, -0.1) is 0 Å². The van der Waals surface area contributed by atoms with Gasteiger partial charge in [0, 0.05) is 24.9 Å². The lowest BCUT2D eigenvalue weighted by atomic mass is 10.1. The summed E-state index contributed by atoms with van der Waals surface area (Å²) in [5.41, 5.74) is 1.09. The summed E-state index contributed by atoms with van der Waals surface area (Å²) in [6.07, 6.45) is 4.76. The number of hydrogen-bond donors (Lipinski definition) is 1. The van der Waals surface area contributed by atoms with Crippen LogP contribution in [-0.2, 0) is 9.84 Å². The second-order valence-electron chi connectivity index (χ2n) is 5.67. The normalized spacial score (nSPS) is 19.1. The smallest absolute Gasteiger partial charge is 0.178 e. The van der Waals surface area contributed by atoms with Crippen LogP contribution in [0.1, 0.15) is 39.0 Å². The molecule has 0 bridgehead atoms. The summed E-state index contributed by atoms with van der Waals surface area (Å²) in [6, 6.07) is 7.75. The van der Waals surface area contributed by atoms with Gasteiger partial charge in [0.2, 0.25) is 0 Å². The van der Waals surface area contributed by atoms with E-state index in [-0.39, 0.29) is 12.4 Å². The number of benzene rings is 1. The third-order valence-electron chi connectivity index (χ3n) is 4.07. The van der Waals surface area contributed by atoms with E-state index in [9.17, 15) is 8.42 Å². The number of aliphatic hydroxyl groups is 1. The Balaban J connectivity index is 2.11. The number of anilines is 1. The van der Waals surface area contributed by atoms with Crippen molar-refractivity contribution >= 4 is 15.5 Å². The topological polar surface area (TPSA) is 57.6 Å². The molecule has 118 valence electrons. The first kappa shape index (κ1) is 16.3. The minimum Gasteiger partial charge on any atom is -0.396 e. The Morgan fingerprint density at radius 3 is 2.62 bits per heavy atom. The summed E-state index contributed by atoms with van der Waals surface area (Å²) in [5, 5.41) is 8.97. The molecule has 1 aliphatic rings. The Hall–Kier alpha value is -1.07. The number of sulfone groups is 1. The molecule has 21 heavy (non-hydrogen) atoms. The van der Waals surface area contributed by atoms with Gasteiger partial charge in [0.1, 0.15) is 0 Å². The van der Waals surface area contributed by atoms with E-state index in [1.165, 1.54) is 0 Å². The summed E-state index contributed by atoms with van der Waals surface area (Å²) < 4.78 is 24.1. The largest absolute Gasteiger partial charge is 0.396 e. The fourth-order valence-corrected chi connectivity index (χ4v) is 4.36. The van der Waals surface area contributed by atoms with E-state index in [0.717, 1.165) is 37.9 Å². The quantitative estimate of drug-likeness (QED) is 0.841. The van der Waals surface area contributed by atoms with E-state index in [4.69, 9.17) is 5.11 Å². The van der Waals surface area contributed by atoms with Crippen molar-refractivity contribution in [2.45, 2.75) is 50.0 Å². The van der Waals surface area contributed by atoms with E-state index in [0.29, 0.717) is 17.4 Å². The van der Waals surface area contributed by atoms with Crippen LogP contribution in [0.15, 0.2) is 29.2 Å². The Labute approximate surface area is 127 Å². The van der Waals surface area contributed by atoms with E-state index in [2.05, 4.69) is 4.90 Å². The molecule has 0 spiro atoms. The molecule has 1 saturated heterocycles. The average Bonchev–Trinajstić information content (AvgIpc) is 2.93. The first-order valence-corrected chi connectivity index (χ1v) is 9.44. The average molecular weight is 311 g/mol. The molecule has 4 nitrogen and oxygen atoms in total. The molecule has 0 amide bonds. The van der Waals surface area contributed by atoms with Crippen molar-refractivity contribution in [2.24, 2.45) is 0 Å². The molecule has 1 aliphatic heterocycles. The molecular weight excluding hydrogens is 286 g/mol. The second kappa shape index (κ2) is 7.27. The molecular formula is C16H25NO3S. The maximum atomic E-state index is 12.0. The van der Waals surface area contributed by atoms with Gasteiger partial charge in [0.25, 0.3) is 0 Å². The van der Waals surface area contributed by atoms with Crippen LogP contribution in [0.2, 0.25) is 0 Å². The van der Waals surface area contributed by atoms with E-state index >= 15 is 0 Å². The van der Waals surface area contributed by atoms with Gasteiger partial charge in [-0.25, -0.2) is 8.42 Å². The summed E-state index contributed by atoms with van der Waals surface area (Å²) in [4.78, 5) is 2.76. The number of aliphatic hydroxyl groups excluding tert-OH is 1. The van der Waals surface area contributed by atoms with Crippen LogP contribution >= 0.6 is 0 Å². The second-order valence-corrected chi connectivity index (χ2v) is 7.78. The SMILES string of the molecule is CCCS(=O)(=O)c1ccc(N2CCCC2CCCO)cc1. The standard InChI is InChI=1S/C16H25NO3S/c1-2-13-21(19,20)16-9-7-15(8-10-16)17-11-3-5-14(17)6-4-12-18/h7-10,14,18H,2-6,11-13H2,1H3. The van der Waals surface area contributed by atoms with Gasteiger partial charge in [0.15, 0.2) is 9.84 Å². The zero-order chi connectivity index (χ0) is 15.3. The lowest BCUT2D eigenvalue weighted by Crippen LogP contribution is -2.29. The van der Waals surface area contributed by atoms with E-state index in [1.807, 2.05) is 19.1 Å². The molecule has 1 aromatic rings. The molecule has 1 unspecified atom stereocenters. The van der Waals surface area contributed by atoms with Crippen molar-refractivity contribution in [2.75, 3.05) is 23.8 Å². The summed E-state index contributed by atoms with van der Waals surface area (Å²) in [6.45, 7) is 3.12. The monoisotopic (exact) mass is 311 g/mol. The fourth-order valence-electron chi connectivity index (χ4n) is 3.03. The van der Waals surface area contributed by atoms with Crippen molar-refractivity contribution in [3.05, 3.63) is 24.3 Å². The Morgan fingerprint density at radius 2 is 2.00 bits per heavy atom. The molecule has 1 aromatic carbocycles. The predicted octanol–water partition coefficient (Wildman–Crippen LogP) is 2.61. The molecule has 0 radical (unpaired) electrons. The summed E-state index contributed by atoms with van der Waals surface area (Å²) in [7, 11) is -3.13. The molecule has 0 saturated carbocycles. The molecule has 1 heterocycles. The maximum absolute atomic E-state index is 12.0. The molecule has 1 atom stereocenters. The van der Waals surface area contributed by atoms with Gasteiger partial charge >= 0.3 is 0 Å². The minimum atomic E-state index is -3.13. The highest BCUT2D eigenvalue weighted by atomic mass is 32.2. The lowest BCUT2D eigenvalue weighted by molar-refractivity contribution is 0.279. The fraction of sp³-hybridized carbons (Fsp3) is 0.625. The van der Waals surface area contributed by atoms with Crippen molar-refractivity contribution in [1.82, 2.24) is 0 Å². The Morgan fingerprint density at radius 1 is 1.29 bits per heavy atom. The zero-order valence-electron chi connectivity index (χ0n) is 12.7. The van der Waals surface area contributed by atoms with Crippen LogP contribution < -0.4 is 4.90 Å². The summed E-state index contributed by atoms with van der Waals surface area (Å²) >= 11 is 0. The van der Waals surface area contributed by atoms with Crippen molar-refractivity contribution < 1.29 is 13.5 Å². The highest BCUT2D eigenvalue weighted by Crippen LogP contribution is 2.29. The van der Waals surface area contributed by atoms with Crippen LogP contribution in [0.3, 0.4) is 0 Å². The van der Waals surface area contributed by atoms with Gasteiger partial charge in [-0.05, 0) is 56.4 Å². The number of nitrogens with zero attached hydrogens (tertiary/aromatic N) is 1. The zero-order valence-corrected chi connectivity index (χ0v) is 13.5. The Kier molecular flexibility index (Phi) is 5.65. The predicted molar refractivity (Wildman–Crippen MR) is 85.5 cm³/mol. The lowest BCUT2D eigenvalue weighted by Gasteiger charge is -2.27. The minimum absolute atomic E-state index is 0.204. The highest BCUT2D eigenvalue weighted by molar-refractivity contribution is 7.91. The van der Waals surface area contributed by atoms with Crippen molar-refractivity contribution in [3.63, 3.8) is 0 Å². The van der Waals surface area contributed by atoms with Crippen LogP contribution in [0.4, 0.5) is 5.69 Å². The van der Waals surface area contributed by atoms with Crippen molar-refractivity contribution in [3.8, 4) is 0 Å². The van der Waals surface area contributed by atoms with Gasteiger partial charge in [0.05, 0.1) is 10.6 Å². The molecule has 2 rings (SSSR count). The Bertz CT molecular complexity index is 539. The third kappa shape index (κ3) is 3.98. The first-order chi connectivity index (χ1) is 10.1. The number of rotatable bonds is 7. The van der Waals surface area contributed by atoms with Gasteiger partial charge in [-0.3, -0.25) is 0 Å². The molecule has 0 aliphatic carbocycles. The van der Waals surface area contributed by atoms with Crippen LogP contribution in [0, 0.1) is 0 Å². The van der Waals surface area contributed by atoms with Crippen LogP contribution in [0.5, 0.6) is 0 Å². The highest BCUT2D eigenvalue weighted by Gasteiger charge is 2.24. The first-order valence-electron chi connectivity index (χ1n) is 7.79. The third-order valence-corrected chi connectivity index (χ3v) is 6.01. The number of hydrogen-bond acceptors (Lipinski definition) is 4. The molecule has 0 aromatic heterocycles. The van der Waals surface area contributed by atoms with Gasteiger partial charge in [-0.1, -0.05) is 6.92 Å². The summed E-state index contributed by atoms with van der Waals surface area (Å²) in [5.74, 6) is 0.204.